The van der Waals surface area contributed by atoms with Gasteiger partial charge in [-0.25, -0.2) is 15.0 Å². The summed E-state index contributed by atoms with van der Waals surface area (Å²) in [4.78, 5) is 21.2. The largest absolute Gasteiger partial charge is 0.362 e. The Kier molecular flexibility index (Phi) is 4.76. The normalized spacial score (nSPS) is 11.4. The molecule has 4 rings (SSSR count). The molecule has 29 heavy (non-hydrogen) atoms. The summed E-state index contributed by atoms with van der Waals surface area (Å²) in [5.74, 6) is 0.377. The molecule has 0 saturated carbocycles. The second kappa shape index (κ2) is 7.39. The summed E-state index contributed by atoms with van der Waals surface area (Å²) in [6.07, 6.45) is 1.73. The molecule has 0 aliphatic rings. The van der Waals surface area contributed by atoms with Crippen molar-refractivity contribution in [3.05, 3.63) is 87.0 Å². The van der Waals surface area contributed by atoms with Crippen molar-refractivity contribution in [2.45, 2.75) is 27.7 Å². The summed E-state index contributed by atoms with van der Waals surface area (Å²) in [5, 5.41) is 4.92. The molecule has 6 nitrogen and oxygen atoms in total. The molecule has 0 aliphatic carbocycles. The minimum atomic E-state index is -0.131. The zero-order valence-electron chi connectivity index (χ0n) is 16.9. The number of rotatable bonds is 4. The quantitative estimate of drug-likeness (QED) is 0.404. The standard InChI is InChI=1S/C23H23N5O/c1-14-9-10-21(15(2)11-14)28-22(29)19-7-5-6-8-20(19)26-23(28)27-24-13-18-12-16(3)25-17(18)4/h5-13,25H,1-4H3,(H,26,27)/b24-13+. The van der Waals surface area contributed by atoms with Crippen LogP contribution in [0, 0.1) is 27.7 Å². The average molecular weight is 385 g/mol. The summed E-state index contributed by atoms with van der Waals surface area (Å²) in [6.45, 7) is 8.01. The summed E-state index contributed by atoms with van der Waals surface area (Å²) in [6, 6.07) is 15.3. The van der Waals surface area contributed by atoms with Crippen LogP contribution in [-0.4, -0.2) is 20.7 Å². The molecule has 0 amide bonds. The molecule has 0 spiro atoms. The first-order valence-corrected chi connectivity index (χ1v) is 9.49. The highest BCUT2D eigenvalue weighted by atomic mass is 16.1. The molecule has 6 heteroatoms. The monoisotopic (exact) mass is 385 g/mol. The van der Waals surface area contributed by atoms with Gasteiger partial charge in [-0.15, -0.1) is 0 Å². The summed E-state index contributed by atoms with van der Waals surface area (Å²) in [5.41, 5.74) is 9.48. The van der Waals surface area contributed by atoms with E-state index in [1.54, 1.807) is 16.8 Å². The van der Waals surface area contributed by atoms with Crippen LogP contribution in [-0.2, 0) is 0 Å². The van der Waals surface area contributed by atoms with Crippen molar-refractivity contribution in [3.8, 4) is 5.69 Å². The van der Waals surface area contributed by atoms with Crippen LogP contribution < -0.4 is 11.0 Å². The number of hydrazone groups is 1. The molecule has 0 unspecified atom stereocenters. The number of fused-ring (bicyclic) bond motifs is 1. The van der Waals surface area contributed by atoms with Crippen molar-refractivity contribution in [2.24, 2.45) is 5.10 Å². The molecular formula is C23H23N5O. The molecule has 146 valence electrons. The highest BCUT2D eigenvalue weighted by Crippen LogP contribution is 2.20. The average Bonchev–Trinajstić information content (AvgIpc) is 3.00. The Morgan fingerprint density at radius 3 is 2.59 bits per heavy atom. The molecule has 4 aromatic rings. The van der Waals surface area contributed by atoms with Crippen LogP contribution >= 0.6 is 0 Å². The van der Waals surface area contributed by atoms with Gasteiger partial charge >= 0.3 is 0 Å². The fraction of sp³-hybridized carbons (Fsp3) is 0.174. The lowest BCUT2D eigenvalue weighted by molar-refractivity contribution is 0.946. The highest BCUT2D eigenvalue weighted by Gasteiger charge is 2.14. The molecule has 0 aliphatic heterocycles. The van der Waals surface area contributed by atoms with E-state index in [1.807, 2.05) is 64.1 Å². The fourth-order valence-corrected chi connectivity index (χ4v) is 3.53. The molecule has 0 fully saturated rings. The number of hydrogen-bond acceptors (Lipinski definition) is 4. The van der Waals surface area contributed by atoms with E-state index in [4.69, 9.17) is 0 Å². The molecule has 0 atom stereocenters. The van der Waals surface area contributed by atoms with Crippen LogP contribution in [0.5, 0.6) is 0 Å². The number of hydrogen-bond donors (Lipinski definition) is 2. The van der Waals surface area contributed by atoms with Gasteiger partial charge in [-0.05, 0) is 57.5 Å². The lowest BCUT2D eigenvalue weighted by Crippen LogP contribution is -2.23. The molecule has 0 bridgehead atoms. The van der Waals surface area contributed by atoms with Crippen molar-refractivity contribution in [3.63, 3.8) is 0 Å². The number of nitrogens with zero attached hydrogens (tertiary/aromatic N) is 3. The minimum absolute atomic E-state index is 0.131. The third-order valence-corrected chi connectivity index (χ3v) is 4.93. The molecule has 2 aromatic carbocycles. The van der Waals surface area contributed by atoms with Crippen molar-refractivity contribution >= 4 is 23.1 Å². The van der Waals surface area contributed by atoms with Crippen LogP contribution in [0.2, 0.25) is 0 Å². The first-order chi connectivity index (χ1) is 13.9. The fourth-order valence-electron chi connectivity index (χ4n) is 3.53. The predicted octanol–water partition coefficient (Wildman–Crippen LogP) is 4.39. The van der Waals surface area contributed by atoms with Crippen LogP contribution in [0.4, 0.5) is 5.95 Å². The number of nitrogens with one attached hydrogen (secondary N) is 2. The Balaban J connectivity index is 1.85. The van der Waals surface area contributed by atoms with Gasteiger partial charge in [0.1, 0.15) is 0 Å². The number of benzene rings is 2. The molecule has 2 aromatic heterocycles. The third-order valence-electron chi connectivity index (χ3n) is 4.93. The van der Waals surface area contributed by atoms with Crippen LogP contribution in [0.3, 0.4) is 0 Å². The summed E-state index contributed by atoms with van der Waals surface area (Å²) < 4.78 is 1.59. The molecule has 0 radical (unpaired) electrons. The Bertz CT molecular complexity index is 1300. The number of para-hydroxylation sites is 1. The van der Waals surface area contributed by atoms with Gasteiger partial charge in [0.25, 0.3) is 5.56 Å². The van der Waals surface area contributed by atoms with Crippen molar-refractivity contribution in [1.82, 2.24) is 14.5 Å². The summed E-state index contributed by atoms with van der Waals surface area (Å²) >= 11 is 0. The van der Waals surface area contributed by atoms with Crippen LogP contribution in [0.25, 0.3) is 16.6 Å². The van der Waals surface area contributed by atoms with Gasteiger partial charge < -0.3 is 4.98 Å². The van der Waals surface area contributed by atoms with Crippen molar-refractivity contribution in [1.29, 1.82) is 0 Å². The lowest BCUT2D eigenvalue weighted by atomic mass is 10.1. The van der Waals surface area contributed by atoms with Gasteiger partial charge in [0.2, 0.25) is 5.95 Å². The maximum atomic E-state index is 13.3. The Labute approximate surface area is 168 Å². The van der Waals surface area contributed by atoms with Gasteiger partial charge in [-0.2, -0.15) is 5.10 Å². The van der Waals surface area contributed by atoms with Crippen molar-refractivity contribution < 1.29 is 0 Å². The zero-order valence-corrected chi connectivity index (χ0v) is 16.9. The maximum absolute atomic E-state index is 13.3. The lowest BCUT2D eigenvalue weighted by Gasteiger charge is -2.15. The number of aryl methyl sites for hydroxylation is 4. The Morgan fingerprint density at radius 1 is 1.07 bits per heavy atom. The van der Waals surface area contributed by atoms with E-state index >= 15 is 0 Å². The first kappa shape index (κ1) is 18.7. The van der Waals surface area contributed by atoms with E-state index in [0.29, 0.717) is 16.9 Å². The van der Waals surface area contributed by atoms with E-state index < -0.39 is 0 Å². The minimum Gasteiger partial charge on any atom is -0.362 e. The Hall–Kier alpha value is -3.67. The number of H-pyrrole nitrogens is 1. The SMILES string of the molecule is Cc1ccc(-n2c(N/N=C/c3cc(C)[nH]c3C)nc3ccccc3c2=O)c(C)c1. The maximum Gasteiger partial charge on any atom is 0.267 e. The third kappa shape index (κ3) is 3.57. The molecule has 2 heterocycles. The topological polar surface area (TPSA) is 75.1 Å². The highest BCUT2D eigenvalue weighted by molar-refractivity contribution is 5.82. The van der Waals surface area contributed by atoms with E-state index in [1.165, 1.54) is 0 Å². The van der Waals surface area contributed by atoms with E-state index in [-0.39, 0.29) is 5.56 Å². The Morgan fingerprint density at radius 2 is 1.86 bits per heavy atom. The van der Waals surface area contributed by atoms with E-state index in [0.717, 1.165) is 33.8 Å². The van der Waals surface area contributed by atoms with Gasteiger partial charge in [-0.1, -0.05) is 29.8 Å². The van der Waals surface area contributed by atoms with Gasteiger partial charge in [0.15, 0.2) is 0 Å². The van der Waals surface area contributed by atoms with E-state index in [9.17, 15) is 4.79 Å². The molecule has 0 saturated heterocycles. The number of anilines is 1. The predicted molar refractivity (Wildman–Crippen MR) is 118 cm³/mol. The van der Waals surface area contributed by atoms with E-state index in [2.05, 4.69) is 26.6 Å². The second-order valence-electron chi connectivity index (χ2n) is 7.29. The number of aromatic amines is 1. The number of aromatic nitrogens is 3. The second-order valence-corrected chi connectivity index (χ2v) is 7.29. The summed E-state index contributed by atoms with van der Waals surface area (Å²) in [7, 11) is 0. The molecule has 2 N–H and O–H groups in total. The van der Waals surface area contributed by atoms with Crippen LogP contribution in [0.15, 0.2) is 58.4 Å². The van der Waals surface area contributed by atoms with Gasteiger partial charge in [0, 0.05) is 17.0 Å². The van der Waals surface area contributed by atoms with Crippen LogP contribution in [0.1, 0.15) is 28.1 Å². The zero-order chi connectivity index (χ0) is 20.5. The first-order valence-electron chi connectivity index (χ1n) is 9.49. The molecular weight excluding hydrogens is 362 g/mol. The smallest absolute Gasteiger partial charge is 0.267 e. The van der Waals surface area contributed by atoms with Gasteiger partial charge in [-0.3, -0.25) is 4.79 Å². The van der Waals surface area contributed by atoms with Gasteiger partial charge in [0.05, 0.1) is 22.8 Å². The van der Waals surface area contributed by atoms with Crippen molar-refractivity contribution in [2.75, 3.05) is 5.43 Å².